The van der Waals surface area contributed by atoms with Crippen molar-refractivity contribution in [3.63, 3.8) is 0 Å². The van der Waals surface area contributed by atoms with Crippen LogP contribution in [0, 0.1) is 29.6 Å². The Morgan fingerprint density at radius 3 is 2.11 bits per heavy atom. The lowest BCUT2D eigenvalue weighted by atomic mass is 9.50. The quantitative estimate of drug-likeness (QED) is 0.740. The van der Waals surface area contributed by atoms with E-state index in [4.69, 9.17) is 0 Å². The Hall–Kier alpha value is -0.300. The van der Waals surface area contributed by atoms with Crippen molar-refractivity contribution < 1.29 is 0 Å². The molecule has 0 atom stereocenters. The Kier molecular flexibility index (Phi) is 3.53. The maximum absolute atomic E-state index is 3.52. The molecule has 0 aromatic heterocycles. The lowest BCUT2D eigenvalue weighted by Crippen LogP contribution is -2.45. The van der Waals surface area contributed by atoms with Crippen molar-refractivity contribution in [2.24, 2.45) is 29.6 Å². The molecule has 0 aromatic rings. The number of hydrogen-bond acceptors (Lipinski definition) is 1. The molecular formula is C17H29N. The van der Waals surface area contributed by atoms with Gasteiger partial charge in [0, 0.05) is 12.6 Å². The average Bonchev–Trinajstić information content (AvgIpc) is 2.26. The summed E-state index contributed by atoms with van der Waals surface area (Å²) in [6.07, 6.45) is 10.2. The van der Waals surface area contributed by atoms with E-state index in [1.54, 1.807) is 37.7 Å². The van der Waals surface area contributed by atoms with Gasteiger partial charge in [0.05, 0.1) is 0 Å². The monoisotopic (exact) mass is 247 g/mol. The molecule has 1 nitrogen and oxygen atoms in total. The van der Waals surface area contributed by atoms with Crippen molar-refractivity contribution in [1.82, 2.24) is 5.32 Å². The minimum atomic E-state index is 0.604. The molecule has 0 heterocycles. The van der Waals surface area contributed by atoms with Gasteiger partial charge < -0.3 is 5.32 Å². The summed E-state index contributed by atoms with van der Waals surface area (Å²) in [5.74, 6) is 5.22. The van der Waals surface area contributed by atoms with Gasteiger partial charge in [-0.3, -0.25) is 0 Å². The molecule has 4 saturated carbocycles. The highest BCUT2D eigenvalue weighted by molar-refractivity contribution is 5.13. The van der Waals surface area contributed by atoms with Gasteiger partial charge in [0.25, 0.3) is 0 Å². The first kappa shape index (κ1) is 12.7. The molecule has 0 radical (unpaired) electrons. The second-order valence-corrected chi connectivity index (χ2v) is 7.47. The van der Waals surface area contributed by atoms with E-state index < -0.39 is 0 Å². The smallest absolute Gasteiger partial charge is 0.0139 e. The molecule has 4 aliphatic carbocycles. The minimum absolute atomic E-state index is 0.604. The molecule has 0 saturated heterocycles. The topological polar surface area (TPSA) is 12.0 Å². The maximum atomic E-state index is 3.52. The summed E-state index contributed by atoms with van der Waals surface area (Å²) < 4.78 is 0. The van der Waals surface area contributed by atoms with Crippen molar-refractivity contribution in [3.8, 4) is 0 Å². The van der Waals surface area contributed by atoms with Crippen LogP contribution in [-0.2, 0) is 0 Å². The summed E-state index contributed by atoms with van der Waals surface area (Å²) in [6, 6.07) is 0.604. The van der Waals surface area contributed by atoms with Crippen molar-refractivity contribution >= 4 is 0 Å². The van der Waals surface area contributed by atoms with Crippen LogP contribution in [0.5, 0.6) is 0 Å². The zero-order chi connectivity index (χ0) is 12.7. The highest BCUT2D eigenvalue weighted by Gasteiger charge is 2.48. The third-order valence-electron chi connectivity index (χ3n) is 5.70. The second kappa shape index (κ2) is 5.00. The van der Waals surface area contributed by atoms with Gasteiger partial charge in [0.1, 0.15) is 0 Å². The fraction of sp³-hybridized carbons (Fsp3) is 0.882. The molecule has 0 spiro atoms. The van der Waals surface area contributed by atoms with Gasteiger partial charge >= 0.3 is 0 Å². The van der Waals surface area contributed by atoms with E-state index >= 15 is 0 Å². The molecule has 0 aliphatic heterocycles. The van der Waals surface area contributed by atoms with Crippen LogP contribution in [0.3, 0.4) is 0 Å². The van der Waals surface area contributed by atoms with Gasteiger partial charge in [0.2, 0.25) is 0 Å². The summed E-state index contributed by atoms with van der Waals surface area (Å²) >= 11 is 0. The first-order valence-electron chi connectivity index (χ1n) is 8.03. The Morgan fingerprint density at radius 2 is 1.61 bits per heavy atom. The zero-order valence-electron chi connectivity index (χ0n) is 12.3. The first-order valence-corrected chi connectivity index (χ1v) is 8.03. The molecule has 4 bridgehead atoms. The van der Waals surface area contributed by atoms with Crippen LogP contribution < -0.4 is 5.32 Å². The number of allylic oxidation sites excluding steroid dienone is 1. The van der Waals surface area contributed by atoms with Crippen molar-refractivity contribution in [1.29, 1.82) is 0 Å². The summed E-state index contributed by atoms with van der Waals surface area (Å²) in [7, 11) is 0. The zero-order valence-corrected chi connectivity index (χ0v) is 12.3. The summed E-state index contributed by atoms with van der Waals surface area (Å²) in [5.41, 5.74) is 1.69. The Bertz CT molecular complexity index is 301. The van der Waals surface area contributed by atoms with E-state index in [1.165, 1.54) is 0 Å². The van der Waals surface area contributed by atoms with Gasteiger partial charge in [-0.15, -0.1) is 0 Å². The van der Waals surface area contributed by atoms with Crippen molar-refractivity contribution in [2.75, 3.05) is 6.54 Å². The summed E-state index contributed by atoms with van der Waals surface area (Å²) in [5, 5.41) is 3.52. The Balaban J connectivity index is 1.65. The fourth-order valence-electron chi connectivity index (χ4n) is 5.26. The molecule has 1 heteroatoms. The Labute approximate surface area is 112 Å². The molecule has 102 valence electrons. The minimum Gasteiger partial charge on any atom is -0.311 e. The van der Waals surface area contributed by atoms with E-state index in [0.717, 1.165) is 36.1 Å². The lowest BCUT2D eigenvalue weighted by Gasteiger charge is -2.55. The largest absolute Gasteiger partial charge is 0.311 e. The number of rotatable bonds is 4. The van der Waals surface area contributed by atoms with Gasteiger partial charge in [-0.2, -0.15) is 0 Å². The lowest BCUT2D eigenvalue weighted by molar-refractivity contribution is -0.0208. The standard InChI is InChI=1S/C17H29N/c1-11(2)18-5-4-12(3)17-15-7-13-6-14(9-15)10-16(17)8-13/h4,11,13-18H,5-10H2,1-3H3/b12-4+. The normalized spacial score (nSPS) is 42.9. The maximum Gasteiger partial charge on any atom is 0.0139 e. The number of nitrogens with one attached hydrogen (secondary N) is 1. The van der Waals surface area contributed by atoms with Crippen LogP contribution in [0.2, 0.25) is 0 Å². The predicted octanol–water partition coefficient (Wildman–Crippen LogP) is 4.00. The first-order chi connectivity index (χ1) is 8.63. The molecule has 4 fully saturated rings. The Morgan fingerprint density at radius 1 is 1.06 bits per heavy atom. The molecule has 18 heavy (non-hydrogen) atoms. The summed E-state index contributed by atoms with van der Waals surface area (Å²) in [6.45, 7) is 7.92. The fourth-order valence-corrected chi connectivity index (χ4v) is 5.26. The highest BCUT2D eigenvalue weighted by Crippen LogP contribution is 2.58. The molecular weight excluding hydrogens is 218 g/mol. The van der Waals surface area contributed by atoms with E-state index in [0.29, 0.717) is 6.04 Å². The van der Waals surface area contributed by atoms with Crippen LogP contribution in [0.25, 0.3) is 0 Å². The van der Waals surface area contributed by atoms with Crippen molar-refractivity contribution in [3.05, 3.63) is 11.6 Å². The van der Waals surface area contributed by atoms with E-state index in [-0.39, 0.29) is 0 Å². The van der Waals surface area contributed by atoms with E-state index in [9.17, 15) is 0 Å². The molecule has 4 rings (SSSR count). The predicted molar refractivity (Wildman–Crippen MR) is 77.4 cm³/mol. The van der Waals surface area contributed by atoms with Gasteiger partial charge in [-0.25, -0.2) is 0 Å². The third kappa shape index (κ3) is 2.39. The number of hydrogen-bond donors (Lipinski definition) is 1. The van der Waals surface area contributed by atoms with Crippen LogP contribution in [0.1, 0.15) is 52.9 Å². The van der Waals surface area contributed by atoms with Gasteiger partial charge in [0.15, 0.2) is 0 Å². The third-order valence-corrected chi connectivity index (χ3v) is 5.70. The molecule has 1 N–H and O–H groups in total. The molecule has 0 aromatic carbocycles. The molecule has 4 aliphatic rings. The van der Waals surface area contributed by atoms with E-state index in [1.807, 2.05) is 0 Å². The SMILES string of the molecule is C/C(=C\CNC(C)C)C1C2CC3CC(C2)CC1C3. The van der Waals surface area contributed by atoms with Crippen molar-refractivity contribution in [2.45, 2.75) is 58.9 Å². The van der Waals surface area contributed by atoms with Crippen LogP contribution in [0.4, 0.5) is 0 Å². The second-order valence-electron chi connectivity index (χ2n) is 7.47. The molecule has 0 amide bonds. The average molecular weight is 247 g/mol. The van der Waals surface area contributed by atoms with Gasteiger partial charge in [-0.05, 0) is 68.6 Å². The highest BCUT2D eigenvalue weighted by atomic mass is 14.9. The van der Waals surface area contributed by atoms with Crippen LogP contribution in [-0.4, -0.2) is 12.6 Å². The molecule has 0 unspecified atom stereocenters. The van der Waals surface area contributed by atoms with Gasteiger partial charge in [-0.1, -0.05) is 25.5 Å². The van der Waals surface area contributed by atoms with Crippen LogP contribution >= 0.6 is 0 Å². The van der Waals surface area contributed by atoms with Crippen LogP contribution in [0.15, 0.2) is 11.6 Å². The van der Waals surface area contributed by atoms with E-state index in [2.05, 4.69) is 32.2 Å². The summed E-state index contributed by atoms with van der Waals surface area (Å²) in [4.78, 5) is 0.